The third-order valence-corrected chi connectivity index (χ3v) is 5.89. The Kier molecular flexibility index (Phi) is 5.28. The van der Waals surface area contributed by atoms with Crippen LogP contribution in [0.25, 0.3) is 0 Å². The molecule has 0 bridgehead atoms. The van der Waals surface area contributed by atoms with E-state index in [1.807, 2.05) is 48.5 Å². The summed E-state index contributed by atoms with van der Waals surface area (Å²) in [5.41, 5.74) is 1.57. The van der Waals surface area contributed by atoms with Crippen molar-refractivity contribution in [3.63, 3.8) is 0 Å². The molecule has 1 aliphatic heterocycles. The molecule has 1 aromatic heterocycles. The Morgan fingerprint density at radius 3 is 2.58 bits per heavy atom. The van der Waals surface area contributed by atoms with Gasteiger partial charge in [-0.1, -0.05) is 43.3 Å². The van der Waals surface area contributed by atoms with Crippen LogP contribution in [-0.2, 0) is 10.2 Å². The fourth-order valence-corrected chi connectivity index (χ4v) is 4.60. The van der Waals surface area contributed by atoms with Crippen molar-refractivity contribution in [1.29, 1.82) is 0 Å². The van der Waals surface area contributed by atoms with Gasteiger partial charge in [0.05, 0.1) is 11.7 Å². The molecule has 3 rings (SSSR count). The zero-order valence-electron chi connectivity index (χ0n) is 13.8. The molecule has 6 heteroatoms. The highest BCUT2D eigenvalue weighted by Crippen LogP contribution is 2.24. The lowest BCUT2D eigenvalue weighted by atomic mass is 10.0. The highest BCUT2D eigenvalue weighted by atomic mass is 32.2. The highest BCUT2D eigenvalue weighted by Gasteiger charge is 2.30. The van der Waals surface area contributed by atoms with Crippen molar-refractivity contribution >= 4 is 10.2 Å². The fraction of sp³-hybridized carbons (Fsp3) is 0.389. The Hall–Kier alpha value is -1.76. The minimum atomic E-state index is -3.57. The van der Waals surface area contributed by atoms with Gasteiger partial charge in [0.25, 0.3) is 10.2 Å². The minimum absolute atomic E-state index is 0.389. The van der Waals surface area contributed by atoms with E-state index < -0.39 is 16.3 Å². The van der Waals surface area contributed by atoms with Crippen LogP contribution in [0.15, 0.2) is 54.7 Å². The van der Waals surface area contributed by atoms with Gasteiger partial charge in [-0.2, -0.15) is 17.4 Å². The van der Waals surface area contributed by atoms with E-state index in [0.717, 1.165) is 18.4 Å². The molecule has 5 nitrogen and oxygen atoms in total. The molecule has 2 heterocycles. The maximum absolute atomic E-state index is 12.9. The van der Waals surface area contributed by atoms with E-state index in [2.05, 4.69) is 16.6 Å². The average Bonchev–Trinajstić information content (AvgIpc) is 2.61. The van der Waals surface area contributed by atoms with Crippen LogP contribution in [0, 0.1) is 5.92 Å². The molecule has 0 spiro atoms. The van der Waals surface area contributed by atoms with E-state index in [1.54, 1.807) is 10.5 Å². The van der Waals surface area contributed by atoms with E-state index in [-0.39, 0.29) is 0 Å². The van der Waals surface area contributed by atoms with Crippen LogP contribution in [0.1, 0.15) is 37.1 Å². The van der Waals surface area contributed by atoms with Crippen LogP contribution in [0.3, 0.4) is 0 Å². The lowest BCUT2D eigenvalue weighted by molar-refractivity contribution is 0.277. The van der Waals surface area contributed by atoms with Crippen LogP contribution >= 0.6 is 0 Å². The Morgan fingerprint density at radius 2 is 1.92 bits per heavy atom. The maximum atomic E-state index is 12.9. The van der Waals surface area contributed by atoms with Crippen LogP contribution in [0.5, 0.6) is 0 Å². The second kappa shape index (κ2) is 7.42. The van der Waals surface area contributed by atoms with Crippen molar-refractivity contribution < 1.29 is 8.42 Å². The molecule has 2 atom stereocenters. The van der Waals surface area contributed by atoms with E-state index in [1.165, 1.54) is 0 Å². The maximum Gasteiger partial charge on any atom is 0.280 e. The van der Waals surface area contributed by atoms with E-state index in [4.69, 9.17) is 0 Å². The molecule has 0 amide bonds. The first kappa shape index (κ1) is 17.1. The van der Waals surface area contributed by atoms with Crippen LogP contribution in [0.2, 0.25) is 0 Å². The highest BCUT2D eigenvalue weighted by molar-refractivity contribution is 7.87. The molecule has 0 saturated carbocycles. The smallest absolute Gasteiger partial charge is 0.259 e. The summed E-state index contributed by atoms with van der Waals surface area (Å²) in [5.74, 6) is 0.389. The predicted molar refractivity (Wildman–Crippen MR) is 94.5 cm³/mol. The van der Waals surface area contributed by atoms with Gasteiger partial charge >= 0.3 is 0 Å². The van der Waals surface area contributed by atoms with E-state index >= 15 is 0 Å². The van der Waals surface area contributed by atoms with Gasteiger partial charge in [0, 0.05) is 19.3 Å². The summed E-state index contributed by atoms with van der Waals surface area (Å²) in [6.07, 6.45) is 3.67. The first-order valence-corrected chi connectivity index (χ1v) is 9.73. The molecule has 0 radical (unpaired) electrons. The number of nitrogens with one attached hydrogen (secondary N) is 1. The van der Waals surface area contributed by atoms with Crippen molar-refractivity contribution in [1.82, 2.24) is 14.0 Å². The van der Waals surface area contributed by atoms with Crippen LogP contribution in [-0.4, -0.2) is 30.8 Å². The van der Waals surface area contributed by atoms with Gasteiger partial charge < -0.3 is 0 Å². The molecule has 2 aromatic rings. The normalized spacial score (nSPS) is 20.6. The Labute approximate surface area is 143 Å². The number of aromatic nitrogens is 1. The van der Waals surface area contributed by atoms with Gasteiger partial charge in [0.15, 0.2) is 0 Å². The van der Waals surface area contributed by atoms with Gasteiger partial charge in [-0.3, -0.25) is 4.98 Å². The summed E-state index contributed by atoms with van der Waals surface area (Å²) in [7, 11) is -3.57. The number of hydrogen-bond acceptors (Lipinski definition) is 3. The third kappa shape index (κ3) is 4.01. The topological polar surface area (TPSA) is 62.3 Å². The van der Waals surface area contributed by atoms with Crippen LogP contribution < -0.4 is 4.72 Å². The summed E-state index contributed by atoms with van der Waals surface area (Å²) >= 11 is 0. The standard InChI is InChI=1S/C18H23N3O2S/c1-15-8-7-13-21(14-15)24(22,23)20-18(16-9-3-2-4-10-16)17-11-5-6-12-19-17/h2-6,9-12,15,18,20H,7-8,13-14H2,1H3. The first-order chi connectivity index (χ1) is 11.6. The van der Waals surface area contributed by atoms with Crippen LogP contribution in [0.4, 0.5) is 0 Å². The molecule has 24 heavy (non-hydrogen) atoms. The number of rotatable bonds is 5. The molecule has 1 saturated heterocycles. The fourth-order valence-electron chi connectivity index (χ4n) is 3.08. The lowest BCUT2D eigenvalue weighted by Gasteiger charge is -2.31. The molecule has 1 N–H and O–H groups in total. The number of hydrogen-bond donors (Lipinski definition) is 1. The molecule has 0 aliphatic carbocycles. The van der Waals surface area contributed by atoms with Gasteiger partial charge in [0.1, 0.15) is 0 Å². The summed E-state index contributed by atoms with van der Waals surface area (Å²) < 4.78 is 30.2. The Bertz CT molecular complexity index is 711. The van der Waals surface area contributed by atoms with E-state index in [9.17, 15) is 8.42 Å². The largest absolute Gasteiger partial charge is 0.280 e. The van der Waals surface area contributed by atoms with Gasteiger partial charge in [-0.15, -0.1) is 0 Å². The monoisotopic (exact) mass is 345 g/mol. The summed E-state index contributed by atoms with van der Waals surface area (Å²) in [5, 5.41) is 0. The third-order valence-electron chi connectivity index (χ3n) is 4.34. The zero-order chi connectivity index (χ0) is 17.0. The second-order valence-corrected chi connectivity index (χ2v) is 8.03. The number of piperidine rings is 1. The SMILES string of the molecule is CC1CCCN(S(=O)(=O)NC(c2ccccc2)c2ccccn2)C1. The molecule has 1 aromatic carbocycles. The zero-order valence-corrected chi connectivity index (χ0v) is 14.6. The Balaban J connectivity index is 1.89. The summed E-state index contributed by atoms with van der Waals surface area (Å²) in [6.45, 7) is 3.23. The van der Waals surface area contributed by atoms with Gasteiger partial charge in [-0.25, -0.2) is 0 Å². The minimum Gasteiger partial charge on any atom is -0.259 e. The van der Waals surface area contributed by atoms with Crippen molar-refractivity contribution in [2.24, 2.45) is 5.92 Å². The predicted octanol–water partition coefficient (Wildman–Crippen LogP) is 2.74. The van der Waals surface area contributed by atoms with Crippen molar-refractivity contribution in [2.75, 3.05) is 13.1 Å². The van der Waals surface area contributed by atoms with E-state index in [0.29, 0.717) is 24.7 Å². The number of nitrogens with zero attached hydrogens (tertiary/aromatic N) is 2. The molecular weight excluding hydrogens is 322 g/mol. The molecular formula is C18H23N3O2S. The first-order valence-electron chi connectivity index (χ1n) is 8.29. The number of pyridine rings is 1. The van der Waals surface area contributed by atoms with Crippen molar-refractivity contribution in [3.05, 3.63) is 66.0 Å². The average molecular weight is 345 g/mol. The quantitative estimate of drug-likeness (QED) is 0.906. The molecule has 128 valence electrons. The van der Waals surface area contributed by atoms with Crippen molar-refractivity contribution in [3.8, 4) is 0 Å². The lowest BCUT2D eigenvalue weighted by Crippen LogP contribution is -2.46. The second-order valence-electron chi connectivity index (χ2n) is 6.33. The Morgan fingerprint density at radius 1 is 1.17 bits per heavy atom. The van der Waals surface area contributed by atoms with Gasteiger partial charge in [0.2, 0.25) is 0 Å². The summed E-state index contributed by atoms with van der Waals surface area (Å²) in [4.78, 5) is 4.35. The summed E-state index contributed by atoms with van der Waals surface area (Å²) in [6, 6.07) is 14.6. The number of benzene rings is 1. The molecule has 2 unspecified atom stereocenters. The van der Waals surface area contributed by atoms with Gasteiger partial charge in [-0.05, 0) is 36.5 Å². The molecule has 1 aliphatic rings. The molecule has 1 fully saturated rings. The van der Waals surface area contributed by atoms with Crippen molar-refractivity contribution in [2.45, 2.75) is 25.8 Å².